The predicted octanol–water partition coefficient (Wildman–Crippen LogP) is 2.57. The molecule has 6 heteroatoms. The van der Waals surface area contributed by atoms with Gasteiger partial charge in [0.15, 0.2) is 0 Å². The number of aromatic nitrogens is 3. The molecule has 0 atom stereocenters. The Morgan fingerprint density at radius 3 is 2.88 bits per heavy atom. The van der Waals surface area contributed by atoms with Gasteiger partial charge in [0, 0.05) is 24.1 Å². The van der Waals surface area contributed by atoms with E-state index in [1.807, 2.05) is 29.9 Å². The van der Waals surface area contributed by atoms with Crippen molar-refractivity contribution >= 4 is 32.7 Å². The van der Waals surface area contributed by atoms with Crippen LogP contribution in [0.15, 0.2) is 33.4 Å². The summed E-state index contributed by atoms with van der Waals surface area (Å²) in [5.41, 5.74) is 8.21. The second-order valence-corrected chi connectivity index (χ2v) is 4.51. The van der Waals surface area contributed by atoms with Crippen molar-refractivity contribution in [1.29, 1.82) is 0 Å². The fourth-order valence-electron chi connectivity index (χ4n) is 1.80. The Kier molecular flexibility index (Phi) is 2.19. The molecular weight excluding hydrogens is 284 g/mol. The monoisotopic (exact) mass is 292 g/mol. The van der Waals surface area contributed by atoms with E-state index < -0.39 is 0 Å². The fourth-order valence-corrected chi connectivity index (χ4v) is 2.37. The Morgan fingerprint density at radius 2 is 2.18 bits per heavy atom. The van der Waals surface area contributed by atoms with Gasteiger partial charge in [-0.15, -0.1) is 0 Å². The van der Waals surface area contributed by atoms with E-state index in [0.717, 1.165) is 26.8 Å². The Hall–Kier alpha value is -1.82. The average molecular weight is 293 g/mol. The van der Waals surface area contributed by atoms with Gasteiger partial charge < -0.3 is 10.3 Å². The molecule has 0 bridgehead atoms. The first kappa shape index (κ1) is 10.3. The van der Waals surface area contributed by atoms with Crippen LogP contribution in [-0.2, 0) is 7.05 Å². The number of hydrogen-bond donors (Lipinski definition) is 1. The van der Waals surface area contributed by atoms with Crippen LogP contribution < -0.4 is 5.73 Å². The zero-order valence-electron chi connectivity index (χ0n) is 9.01. The molecule has 0 spiro atoms. The zero-order chi connectivity index (χ0) is 12.0. The number of rotatable bonds is 1. The van der Waals surface area contributed by atoms with E-state index in [1.165, 1.54) is 0 Å². The second kappa shape index (κ2) is 3.59. The van der Waals surface area contributed by atoms with E-state index in [-0.39, 0.29) is 0 Å². The first-order valence-corrected chi connectivity index (χ1v) is 5.79. The fraction of sp³-hybridized carbons (Fsp3) is 0.0909. The van der Waals surface area contributed by atoms with E-state index in [9.17, 15) is 0 Å². The van der Waals surface area contributed by atoms with Crippen LogP contribution in [0.1, 0.15) is 0 Å². The van der Waals surface area contributed by atoms with Gasteiger partial charge in [-0.1, -0.05) is 11.2 Å². The molecule has 3 aromatic rings. The SMILES string of the molecule is Cn1nc(Br)c2ccc(-c3cc(N)on3)cc21. The van der Waals surface area contributed by atoms with Crippen LogP contribution in [0.5, 0.6) is 0 Å². The second-order valence-electron chi connectivity index (χ2n) is 3.76. The van der Waals surface area contributed by atoms with Gasteiger partial charge in [0.05, 0.1) is 5.52 Å². The first-order valence-electron chi connectivity index (χ1n) is 5.00. The Labute approximate surface area is 105 Å². The number of benzene rings is 1. The lowest BCUT2D eigenvalue weighted by Gasteiger charge is -1.97. The highest BCUT2D eigenvalue weighted by molar-refractivity contribution is 9.10. The van der Waals surface area contributed by atoms with Gasteiger partial charge in [0.25, 0.3) is 0 Å². The van der Waals surface area contributed by atoms with E-state index in [0.29, 0.717) is 5.88 Å². The zero-order valence-corrected chi connectivity index (χ0v) is 10.6. The molecule has 0 saturated heterocycles. The minimum atomic E-state index is 0.311. The smallest absolute Gasteiger partial charge is 0.222 e. The van der Waals surface area contributed by atoms with Crippen LogP contribution in [0.3, 0.4) is 0 Å². The molecule has 0 saturated carbocycles. The maximum atomic E-state index is 5.51. The van der Waals surface area contributed by atoms with Crippen molar-refractivity contribution in [3.05, 3.63) is 28.9 Å². The number of nitrogen functional groups attached to an aromatic ring is 1. The minimum absolute atomic E-state index is 0.311. The quantitative estimate of drug-likeness (QED) is 0.748. The highest BCUT2D eigenvalue weighted by Crippen LogP contribution is 2.28. The van der Waals surface area contributed by atoms with E-state index >= 15 is 0 Å². The number of nitrogens with two attached hydrogens (primary N) is 1. The topological polar surface area (TPSA) is 69.9 Å². The van der Waals surface area contributed by atoms with Crippen LogP contribution >= 0.6 is 15.9 Å². The average Bonchev–Trinajstić information content (AvgIpc) is 2.85. The van der Waals surface area contributed by atoms with Gasteiger partial charge in [-0.05, 0) is 28.1 Å². The van der Waals surface area contributed by atoms with Crippen molar-refractivity contribution in [2.45, 2.75) is 0 Å². The summed E-state index contributed by atoms with van der Waals surface area (Å²) in [7, 11) is 1.90. The van der Waals surface area contributed by atoms with Gasteiger partial charge in [-0.2, -0.15) is 5.10 Å². The van der Waals surface area contributed by atoms with Crippen molar-refractivity contribution in [1.82, 2.24) is 14.9 Å². The molecule has 2 N–H and O–H groups in total. The van der Waals surface area contributed by atoms with Crippen molar-refractivity contribution < 1.29 is 4.52 Å². The molecule has 0 fully saturated rings. The molecule has 0 unspecified atom stereocenters. The number of hydrogen-bond acceptors (Lipinski definition) is 4. The normalized spacial score (nSPS) is 11.2. The molecule has 0 aliphatic heterocycles. The Balaban J connectivity index is 2.22. The summed E-state index contributed by atoms with van der Waals surface area (Å²) in [6.07, 6.45) is 0. The van der Waals surface area contributed by atoms with Crippen LogP contribution in [0.25, 0.3) is 22.2 Å². The Bertz CT molecular complexity index is 701. The maximum Gasteiger partial charge on any atom is 0.222 e. The maximum absolute atomic E-state index is 5.51. The first-order chi connectivity index (χ1) is 8.15. The minimum Gasteiger partial charge on any atom is -0.368 e. The number of fused-ring (bicyclic) bond motifs is 1. The molecule has 1 aromatic carbocycles. The molecule has 0 aliphatic rings. The molecule has 0 amide bonds. The molecule has 3 rings (SSSR count). The third kappa shape index (κ3) is 1.61. The highest BCUT2D eigenvalue weighted by Gasteiger charge is 2.09. The lowest BCUT2D eigenvalue weighted by molar-refractivity contribution is 0.439. The number of aryl methyl sites for hydroxylation is 1. The van der Waals surface area contributed by atoms with E-state index in [2.05, 4.69) is 26.2 Å². The molecular formula is C11H9BrN4O. The van der Waals surface area contributed by atoms with Gasteiger partial charge in [-0.3, -0.25) is 4.68 Å². The summed E-state index contributed by atoms with van der Waals surface area (Å²) in [5.74, 6) is 0.311. The van der Waals surface area contributed by atoms with Crippen LogP contribution in [0.2, 0.25) is 0 Å². The van der Waals surface area contributed by atoms with Gasteiger partial charge in [0.2, 0.25) is 5.88 Å². The van der Waals surface area contributed by atoms with Crippen LogP contribution in [0.4, 0.5) is 5.88 Å². The molecule has 0 radical (unpaired) electrons. The van der Waals surface area contributed by atoms with Gasteiger partial charge in [-0.25, -0.2) is 0 Å². The molecule has 86 valence electrons. The lowest BCUT2D eigenvalue weighted by atomic mass is 10.1. The van der Waals surface area contributed by atoms with E-state index in [1.54, 1.807) is 6.07 Å². The van der Waals surface area contributed by atoms with Gasteiger partial charge >= 0.3 is 0 Å². The van der Waals surface area contributed by atoms with Crippen molar-refractivity contribution in [3.8, 4) is 11.3 Å². The Morgan fingerprint density at radius 1 is 1.35 bits per heavy atom. The van der Waals surface area contributed by atoms with Crippen LogP contribution in [-0.4, -0.2) is 14.9 Å². The lowest BCUT2D eigenvalue weighted by Crippen LogP contribution is -1.89. The molecule has 2 aromatic heterocycles. The van der Waals surface area contributed by atoms with Crippen molar-refractivity contribution in [3.63, 3.8) is 0 Å². The summed E-state index contributed by atoms with van der Waals surface area (Å²) in [6.45, 7) is 0. The summed E-state index contributed by atoms with van der Waals surface area (Å²) >= 11 is 3.42. The predicted molar refractivity (Wildman–Crippen MR) is 68.3 cm³/mol. The largest absolute Gasteiger partial charge is 0.368 e. The summed E-state index contributed by atoms with van der Waals surface area (Å²) in [5, 5.41) is 9.25. The number of nitrogens with zero attached hydrogens (tertiary/aromatic N) is 3. The van der Waals surface area contributed by atoms with Crippen LogP contribution in [0, 0.1) is 0 Å². The third-order valence-corrected chi connectivity index (χ3v) is 3.22. The summed E-state index contributed by atoms with van der Waals surface area (Å²) < 4.78 is 7.51. The van der Waals surface area contributed by atoms with Gasteiger partial charge in [0.1, 0.15) is 10.3 Å². The number of halogens is 1. The van der Waals surface area contributed by atoms with Crippen molar-refractivity contribution in [2.24, 2.45) is 7.05 Å². The van der Waals surface area contributed by atoms with E-state index in [4.69, 9.17) is 10.3 Å². The van der Waals surface area contributed by atoms with Crippen molar-refractivity contribution in [2.75, 3.05) is 5.73 Å². The summed E-state index contributed by atoms with van der Waals surface area (Å²) in [4.78, 5) is 0. The number of anilines is 1. The molecule has 17 heavy (non-hydrogen) atoms. The third-order valence-electron chi connectivity index (χ3n) is 2.63. The standard InChI is InChI=1S/C11H9BrN4O/c1-16-9-4-6(8-5-10(13)17-15-8)2-3-7(9)11(12)14-16/h2-5H,13H2,1H3. The molecule has 5 nitrogen and oxygen atoms in total. The highest BCUT2D eigenvalue weighted by atomic mass is 79.9. The molecule has 0 aliphatic carbocycles. The summed E-state index contributed by atoms with van der Waals surface area (Å²) in [6, 6.07) is 7.66. The molecule has 2 heterocycles.